The van der Waals surface area contributed by atoms with Crippen LogP contribution in [-0.4, -0.2) is 39.6 Å². The smallest absolute Gasteiger partial charge is 0.283 e. The second-order valence-corrected chi connectivity index (χ2v) is 6.99. The third kappa shape index (κ3) is 3.61. The van der Waals surface area contributed by atoms with Gasteiger partial charge in [0.05, 0.1) is 26.1 Å². The summed E-state index contributed by atoms with van der Waals surface area (Å²) in [4.78, 5) is 29.9. The van der Waals surface area contributed by atoms with Gasteiger partial charge in [-0.1, -0.05) is 6.07 Å². The number of aromatic nitrogens is 4. The number of carbonyl (C=O) groups is 1. The molecule has 0 spiro atoms. The highest BCUT2D eigenvalue weighted by atomic mass is 16.5. The van der Waals surface area contributed by atoms with Crippen LogP contribution < -0.4 is 20.5 Å². The molecule has 158 valence electrons. The molecule has 0 saturated carbocycles. The van der Waals surface area contributed by atoms with Gasteiger partial charge in [0.2, 0.25) is 0 Å². The Morgan fingerprint density at radius 2 is 1.77 bits per heavy atom. The summed E-state index contributed by atoms with van der Waals surface area (Å²) in [5, 5.41) is 4.60. The van der Waals surface area contributed by atoms with Gasteiger partial charge in [0.15, 0.2) is 17.1 Å². The Morgan fingerprint density at radius 3 is 2.48 bits per heavy atom. The third-order valence-corrected chi connectivity index (χ3v) is 5.09. The van der Waals surface area contributed by atoms with Crippen LogP contribution in [0, 0.1) is 13.8 Å². The zero-order valence-electron chi connectivity index (χ0n) is 17.5. The van der Waals surface area contributed by atoms with E-state index >= 15 is 0 Å². The summed E-state index contributed by atoms with van der Waals surface area (Å²) in [6, 6.07) is 10.6. The number of fused-ring (bicyclic) bond motifs is 1. The number of methoxy groups -OCH3 is 2. The van der Waals surface area contributed by atoms with E-state index in [0.717, 1.165) is 21.5 Å². The van der Waals surface area contributed by atoms with Crippen molar-refractivity contribution in [3.63, 3.8) is 0 Å². The number of aryl methyl sites for hydroxylation is 2. The third-order valence-electron chi connectivity index (χ3n) is 5.09. The Kier molecular flexibility index (Phi) is 5.16. The number of nitrogens with zero attached hydrogens (tertiary/aromatic N) is 4. The van der Waals surface area contributed by atoms with E-state index < -0.39 is 11.5 Å². The Bertz CT molecular complexity index is 1360. The lowest BCUT2D eigenvalue weighted by atomic mass is 10.1. The van der Waals surface area contributed by atoms with Gasteiger partial charge in [0, 0.05) is 5.56 Å². The van der Waals surface area contributed by atoms with Gasteiger partial charge >= 0.3 is 0 Å². The van der Waals surface area contributed by atoms with Crippen LogP contribution in [0.15, 0.2) is 53.7 Å². The molecule has 0 aliphatic carbocycles. The molecule has 0 aliphatic rings. The molecule has 0 bridgehead atoms. The Morgan fingerprint density at radius 1 is 1.00 bits per heavy atom. The molecule has 4 rings (SSSR count). The highest BCUT2D eigenvalue weighted by Gasteiger charge is 2.15. The van der Waals surface area contributed by atoms with Gasteiger partial charge in [-0.05, 0) is 55.3 Å². The first-order valence-electron chi connectivity index (χ1n) is 9.49. The molecule has 0 unspecified atom stereocenters. The number of hydrogen-bond acceptors (Lipinski definition) is 6. The van der Waals surface area contributed by atoms with Crippen LogP contribution in [0.2, 0.25) is 0 Å². The number of benzene rings is 2. The summed E-state index contributed by atoms with van der Waals surface area (Å²) in [5.41, 5.74) is 5.89. The maximum Gasteiger partial charge on any atom is 0.283 e. The molecule has 1 amide bonds. The van der Waals surface area contributed by atoms with Crippen LogP contribution in [0.5, 0.6) is 11.5 Å². The minimum atomic E-state index is -0.495. The zero-order chi connectivity index (χ0) is 22.1. The molecule has 31 heavy (non-hydrogen) atoms. The lowest BCUT2D eigenvalue weighted by molar-refractivity contribution is 0.101. The standard InChI is InChI=1S/C22H21N5O4/c1-13-5-7-16(9-14(13)2)27-20-17(11-24-27)22(29)26(12-23-20)25-21(28)15-6-8-18(30-3)19(10-15)31-4/h5-12H,1-4H3,(H,25,28). The van der Waals surface area contributed by atoms with Crippen molar-refractivity contribution in [3.05, 3.63) is 76.0 Å². The van der Waals surface area contributed by atoms with Crippen LogP contribution in [0.1, 0.15) is 21.5 Å². The van der Waals surface area contributed by atoms with Gasteiger partial charge in [-0.2, -0.15) is 5.10 Å². The van der Waals surface area contributed by atoms with Crippen LogP contribution in [-0.2, 0) is 0 Å². The molecule has 4 aromatic rings. The first-order valence-corrected chi connectivity index (χ1v) is 9.49. The monoisotopic (exact) mass is 419 g/mol. The summed E-state index contributed by atoms with van der Waals surface area (Å²) < 4.78 is 13.0. The van der Waals surface area contributed by atoms with Crippen LogP contribution in [0.4, 0.5) is 0 Å². The molecule has 0 fully saturated rings. The second kappa shape index (κ2) is 7.94. The predicted molar refractivity (Wildman–Crippen MR) is 116 cm³/mol. The number of carbonyl (C=O) groups excluding carboxylic acids is 1. The molecule has 0 saturated heterocycles. The van der Waals surface area contributed by atoms with Crippen LogP contribution in [0.3, 0.4) is 0 Å². The molecule has 2 aromatic heterocycles. The van der Waals surface area contributed by atoms with Gasteiger partial charge in [0.25, 0.3) is 11.5 Å². The Labute approximate surface area is 177 Å². The predicted octanol–water partition coefficient (Wildman–Crippen LogP) is 2.60. The largest absolute Gasteiger partial charge is 0.493 e. The molecule has 9 heteroatoms. The van der Waals surface area contributed by atoms with E-state index in [9.17, 15) is 9.59 Å². The van der Waals surface area contributed by atoms with Gasteiger partial charge in [-0.3, -0.25) is 15.0 Å². The minimum Gasteiger partial charge on any atom is -0.493 e. The molecule has 0 aliphatic heterocycles. The topological polar surface area (TPSA) is 100 Å². The fraction of sp³-hybridized carbons (Fsp3) is 0.182. The minimum absolute atomic E-state index is 0.285. The van der Waals surface area contributed by atoms with E-state index in [0.29, 0.717) is 22.7 Å². The normalized spacial score (nSPS) is 10.8. The van der Waals surface area contributed by atoms with Crippen molar-refractivity contribution in [2.75, 3.05) is 19.6 Å². The average molecular weight is 419 g/mol. The molecule has 1 N–H and O–H groups in total. The molecule has 2 heterocycles. The molecule has 2 aromatic carbocycles. The van der Waals surface area contributed by atoms with E-state index in [1.165, 1.54) is 32.8 Å². The fourth-order valence-electron chi connectivity index (χ4n) is 3.19. The SMILES string of the molecule is COc1ccc(C(=O)Nn2cnc3c(cnn3-c3ccc(C)c(C)c3)c2=O)cc1OC. The average Bonchev–Trinajstić information content (AvgIpc) is 3.21. The van der Waals surface area contributed by atoms with Gasteiger partial charge in [-0.15, -0.1) is 0 Å². The van der Waals surface area contributed by atoms with Crippen molar-refractivity contribution in [2.24, 2.45) is 0 Å². The van der Waals surface area contributed by atoms with E-state index in [4.69, 9.17) is 9.47 Å². The van der Waals surface area contributed by atoms with Crippen molar-refractivity contribution in [1.82, 2.24) is 19.4 Å². The summed E-state index contributed by atoms with van der Waals surface area (Å²) in [6.45, 7) is 4.03. The quantitative estimate of drug-likeness (QED) is 0.534. The van der Waals surface area contributed by atoms with Gasteiger partial charge in [-0.25, -0.2) is 14.3 Å². The highest BCUT2D eigenvalue weighted by molar-refractivity contribution is 6.00. The van der Waals surface area contributed by atoms with Crippen molar-refractivity contribution in [1.29, 1.82) is 0 Å². The van der Waals surface area contributed by atoms with Gasteiger partial charge in [0.1, 0.15) is 11.7 Å². The van der Waals surface area contributed by atoms with E-state index in [2.05, 4.69) is 15.5 Å². The molecular weight excluding hydrogens is 398 g/mol. The van der Waals surface area contributed by atoms with Crippen LogP contribution >= 0.6 is 0 Å². The summed E-state index contributed by atoms with van der Waals surface area (Å²) in [6.07, 6.45) is 2.71. The first-order chi connectivity index (χ1) is 14.9. The summed E-state index contributed by atoms with van der Waals surface area (Å²) >= 11 is 0. The van der Waals surface area contributed by atoms with E-state index in [1.54, 1.807) is 16.8 Å². The maximum atomic E-state index is 12.9. The first kappa shape index (κ1) is 20.1. The number of nitrogens with one attached hydrogen (secondary N) is 1. The Hall–Kier alpha value is -4.14. The molecule has 0 atom stereocenters. The van der Waals surface area contributed by atoms with Crippen molar-refractivity contribution in [3.8, 4) is 17.2 Å². The van der Waals surface area contributed by atoms with Gasteiger partial charge < -0.3 is 9.47 Å². The van der Waals surface area contributed by atoms with Crippen molar-refractivity contribution in [2.45, 2.75) is 13.8 Å². The van der Waals surface area contributed by atoms with Crippen molar-refractivity contribution < 1.29 is 14.3 Å². The second-order valence-electron chi connectivity index (χ2n) is 6.99. The van der Waals surface area contributed by atoms with Crippen LogP contribution in [0.25, 0.3) is 16.7 Å². The number of rotatable bonds is 5. The maximum absolute atomic E-state index is 12.9. The molecule has 0 radical (unpaired) electrons. The van der Waals surface area contributed by atoms with Crippen molar-refractivity contribution >= 4 is 16.9 Å². The lowest BCUT2D eigenvalue weighted by Gasteiger charge is -2.11. The zero-order valence-corrected chi connectivity index (χ0v) is 17.5. The molecule has 9 nitrogen and oxygen atoms in total. The highest BCUT2D eigenvalue weighted by Crippen LogP contribution is 2.27. The fourth-order valence-corrected chi connectivity index (χ4v) is 3.19. The number of hydrogen-bond donors (Lipinski definition) is 1. The number of ether oxygens (including phenoxy) is 2. The molecular formula is C22H21N5O4. The summed E-state index contributed by atoms with van der Waals surface area (Å²) in [5.74, 6) is 0.412. The van der Waals surface area contributed by atoms with E-state index in [-0.39, 0.29) is 5.39 Å². The number of amides is 1. The summed E-state index contributed by atoms with van der Waals surface area (Å²) in [7, 11) is 2.99. The lowest BCUT2D eigenvalue weighted by Crippen LogP contribution is -2.33. The van der Waals surface area contributed by atoms with E-state index in [1.807, 2.05) is 32.0 Å². The Balaban J connectivity index is 1.67.